The average molecular weight is 1400 g/mol. The number of carbonyl (C=O) groups is 2. The van der Waals surface area contributed by atoms with Crippen molar-refractivity contribution in [3.8, 4) is 0 Å². The summed E-state index contributed by atoms with van der Waals surface area (Å²) < 4.78 is 71.7. The van der Waals surface area contributed by atoms with E-state index in [-0.39, 0.29) is 13.2 Å². The molecule has 0 radical (unpaired) electrons. The van der Waals surface area contributed by atoms with Gasteiger partial charge in [-0.3, -0.25) is 9.59 Å². The van der Waals surface area contributed by atoms with Crippen LogP contribution >= 0.6 is 11.8 Å². The number of hydrogen-bond acceptors (Lipinski definition) is 31. The first-order chi connectivity index (χ1) is 45.5. The SMILES string of the molecule is CC(=O)N[C@H]1[C@H](OCCCCCCCCCCCSCCCCCCCCCCCO[C@@H]2O[C@H](CO)[C@@H](O[C@@H]3O[C@H](CO)[C@H](O)[C@H](O)[C@H]3O)[C@H](O[C@@H]3O[C@@H](C)[C@@H](O)[C@@H](O)[C@@H]3O)[C@H]2NC(C)=O)O[C@H](CO)[C@@H](O[C@@H]2O[C@H](CO)[C@H](O)[C@H](O)[C@H]2O)[C@@H]1O[C@@H]1O[C@@H](C)[C@@H](O)[C@@H](O)[C@@H]1O. The van der Waals surface area contributed by atoms with Gasteiger partial charge < -0.3 is 149 Å². The van der Waals surface area contributed by atoms with Crippen LogP contribution in [0.15, 0.2) is 0 Å². The quantitative estimate of drug-likeness (QED) is 0.0260. The molecule has 6 aliphatic heterocycles. The zero-order chi connectivity index (χ0) is 69.5. The molecule has 32 nitrogen and oxygen atoms in total. The van der Waals surface area contributed by atoms with Crippen LogP contribution in [0.5, 0.6) is 0 Å². The van der Waals surface area contributed by atoms with Gasteiger partial charge in [0, 0.05) is 27.1 Å². The lowest BCUT2D eigenvalue weighted by Gasteiger charge is -2.50. The summed E-state index contributed by atoms with van der Waals surface area (Å²) in [4.78, 5) is 25.4. The molecule has 6 fully saturated rings. The van der Waals surface area contributed by atoms with Crippen LogP contribution in [0.2, 0.25) is 0 Å². The molecule has 0 aliphatic carbocycles. The van der Waals surface area contributed by atoms with E-state index in [1.807, 2.05) is 11.8 Å². The molecule has 0 unspecified atom stereocenters. The van der Waals surface area contributed by atoms with Crippen LogP contribution in [-0.2, 0) is 66.4 Å². The van der Waals surface area contributed by atoms with Gasteiger partial charge >= 0.3 is 0 Å². The molecular weight excluding hydrogens is 1280 g/mol. The maximum absolute atomic E-state index is 12.7. The summed E-state index contributed by atoms with van der Waals surface area (Å²) in [5.41, 5.74) is 0. The Labute approximate surface area is 559 Å². The fraction of sp³-hybridized carbons (Fsp3) is 0.968. The second-order valence-corrected chi connectivity index (χ2v) is 27.0. The van der Waals surface area contributed by atoms with E-state index in [4.69, 9.17) is 56.8 Å². The summed E-state index contributed by atoms with van der Waals surface area (Å²) in [6.07, 6.45) is -24.6. The molecule has 30 atom stereocenters. The largest absolute Gasteiger partial charge is 0.394 e. The van der Waals surface area contributed by atoms with E-state index in [9.17, 15) is 91.3 Å². The van der Waals surface area contributed by atoms with Gasteiger partial charge in [-0.1, -0.05) is 89.9 Å². The normalized spacial score (nSPS) is 41.0. The van der Waals surface area contributed by atoms with Crippen molar-refractivity contribution < 1.29 is 148 Å². The van der Waals surface area contributed by atoms with Crippen molar-refractivity contribution in [3.05, 3.63) is 0 Å². The van der Waals surface area contributed by atoms with Gasteiger partial charge in [-0.05, 0) is 51.0 Å². The number of rotatable bonds is 40. The fourth-order valence-electron chi connectivity index (χ4n) is 12.6. The molecule has 0 aromatic carbocycles. The van der Waals surface area contributed by atoms with Gasteiger partial charge in [0.05, 0.1) is 38.6 Å². The van der Waals surface area contributed by atoms with Crippen molar-refractivity contribution in [2.24, 2.45) is 0 Å². The predicted octanol–water partition coefficient (Wildman–Crippen LogP) is -3.99. The highest BCUT2D eigenvalue weighted by atomic mass is 32.2. The zero-order valence-corrected chi connectivity index (χ0v) is 55.8. The van der Waals surface area contributed by atoms with E-state index in [2.05, 4.69) is 10.6 Å². The van der Waals surface area contributed by atoms with E-state index >= 15 is 0 Å². The summed E-state index contributed by atoms with van der Waals surface area (Å²) in [7, 11) is 0. The second kappa shape index (κ2) is 41.9. The van der Waals surface area contributed by atoms with Gasteiger partial charge in [-0.2, -0.15) is 11.8 Å². The molecule has 0 spiro atoms. The van der Waals surface area contributed by atoms with Crippen LogP contribution in [0, 0.1) is 0 Å². The van der Waals surface area contributed by atoms with Gasteiger partial charge in [0.2, 0.25) is 11.8 Å². The monoisotopic (exact) mass is 1400 g/mol. The van der Waals surface area contributed by atoms with E-state index in [1.54, 1.807) is 0 Å². The summed E-state index contributed by atoms with van der Waals surface area (Å²) in [5, 5.41) is 173. The average Bonchev–Trinajstić information content (AvgIpc) is 0.779. The number of carbonyl (C=O) groups excluding carboxylic acids is 2. The number of aliphatic hydroxyl groups is 16. The highest BCUT2D eigenvalue weighted by Gasteiger charge is 2.57. The first kappa shape index (κ1) is 82.1. The van der Waals surface area contributed by atoms with Crippen molar-refractivity contribution in [1.82, 2.24) is 10.6 Å². The fourth-order valence-corrected chi connectivity index (χ4v) is 13.7. The van der Waals surface area contributed by atoms with Gasteiger partial charge in [0.1, 0.15) is 134 Å². The van der Waals surface area contributed by atoms with Gasteiger partial charge in [0.15, 0.2) is 37.7 Å². The van der Waals surface area contributed by atoms with E-state index in [1.165, 1.54) is 53.4 Å². The smallest absolute Gasteiger partial charge is 0.217 e. The van der Waals surface area contributed by atoms with Crippen LogP contribution < -0.4 is 10.6 Å². The summed E-state index contributed by atoms with van der Waals surface area (Å²) >= 11 is 2.00. The van der Waals surface area contributed by atoms with Crippen molar-refractivity contribution in [2.45, 2.75) is 327 Å². The maximum atomic E-state index is 12.7. The van der Waals surface area contributed by atoms with Crippen LogP contribution in [0.1, 0.15) is 143 Å². The molecule has 0 aromatic rings. The summed E-state index contributed by atoms with van der Waals surface area (Å²) in [5.74, 6) is 1.15. The lowest BCUT2D eigenvalue weighted by atomic mass is 9.94. The molecule has 33 heteroatoms. The molecule has 95 heavy (non-hydrogen) atoms. The van der Waals surface area contributed by atoms with Crippen molar-refractivity contribution in [3.63, 3.8) is 0 Å². The number of hydrogen-bond donors (Lipinski definition) is 18. The molecule has 18 N–H and O–H groups in total. The second-order valence-electron chi connectivity index (χ2n) is 25.8. The molecule has 0 bridgehead atoms. The Morgan fingerprint density at radius 3 is 0.895 bits per heavy atom. The highest BCUT2D eigenvalue weighted by Crippen LogP contribution is 2.37. The summed E-state index contributed by atoms with van der Waals surface area (Å²) in [6.45, 7) is 2.77. The first-order valence-electron chi connectivity index (χ1n) is 34.0. The van der Waals surface area contributed by atoms with E-state index in [0.29, 0.717) is 12.8 Å². The molecular formula is C62H112N2O30S. The maximum Gasteiger partial charge on any atom is 0.217 e. The Hall–Kier alpha value is -1.83. The topological polar surface area (TPSA) is 493 Å². The third-order valence-corrected chi connectivity index (χ3v) is 19.5. The van der Waals surface area contributed by atoms with Gasteiger partial charge in [-0.25, -0.2) is 0 Å². The highest BCUT2D eigenvalue weighted by molar-refractivity contribution is 7.99. The number of thioether (sulfide) groups is 1. The Morgan fingerprint density at radius 2 is 0.589 bits per heavy atom. The third-order valence-electron chi connectivity index (χ3n) is 18.3. The minimum atomic E-state index is -1.86. The lowest BCUT2D eigenvalue weighted by molar-refractivity contribution is -0.373. The molecule has 6 rings (SSSR count). The summed E-state index contributed by atoms with van der Waals surface area (Å²) in [6, 6.07) is -2.45. The zero-order valence-electron chi connectivity index (χ0n) is 55.0. The Balaban J connectivity index is 0.817. The van der Waals surface area contributed by atoms with Crippen molar-refractivity contribution >= 4 is 23.6 Å². The van der Waals surface area contributed by atoms with Gasteiger partial charge in [-0.15, -0.1) is 0 Å². The van der Waals surface area contributed by atoms with Crippen LogP contribution in [-0.4, -0.2) is 329 Å². The lowest BCUT2D eigenvalue weighted by Crippen LogP contribution is -2.69. The standard InChI is InChI=1S/C62H112N2O30S/c1-31-41(71)45(75)49(79)59(85-31)93-55-39(63-33(3)69)57(89-37(29-67)53(55)91-61-51(81)47(77)43(73)35(27-65)87-61)83-23-19-15-11-7-5-9-13-17-21-25-95-26-22-18-14-10-6-8-12-16-20-24-84-58-40(64-34(4)70)56(94-60-50(80)46(76)42(72)32(2)86-60)54(38(30-68)90-58)92-62-52(82)48(78)44(74)36(28-66)88-62/h31-32,35-62,65-68,71-82H,5-30H2,1-4H3,(H,63,69)(H,64,70)/t31-,32-,35+,36+,37+,38+,39+,40+,41+,42+,43-,44-,45+,46+,47-,48-,49-,50-,51+,52+,53+,54+,55+,56+,57+,58+,59-,60-,61-,62-/m0/s1. The molecule has 0 saturated carbocycles. The first-order valence-corrected chi connectivity index (χ1v) is 35.1. The Bertz CT molecular complexity index is 2000. The number of amides is 2. The molecule has 0 aromatic heterocycles. The molecule has 2 amide bonds. The molecule has 6 heterocycles. The third kappa shape index (κ3) is 23.6. The number of unbranched alkanes of at least 4 members (excludes halogenated alkanes) is 16. The van der Waals surface area contributed by atoms with Gasteiger partial charge in [0.25, 0.3) is 0 Å². The number of aliphatic hydroxyl groups excluding tert-OH is 16. The van der Waals surface area contributed by atoms with Crippen molar-refractivity contribution in [1.29, 1.82) is 0 Å². The minimum Gasteiger partial charge on any atom is -0.394 e. The van der Waals surface area contributed by atoms with E-state index < -0.39 is 222 Å². The minimum absolute atomic E-state index is 0.185. The van der Waals surface area contributed by atoms with Crippen LogP contribution in [0.25, 0.3) is 0 Å². The Morgan fingerprint density at radius 1 is 0.326 bits per heavy atom. The van der Waals surface area contributed by atoms with Crippen LogP contribution in [0.3, 0.4) is 0 Å². The Kier molecular flexibility index (Phi) is 36.2. The van der Waals surface area contributed by atoms with E-state index in [0.717, 1.165) is 88.6 Å². The predicted molar refractivity (Wildman–Crippen MR) is 331 cm³/mol. The number of nitrogens with one attached hydrogen (secondary N) is 2. The van der Waals surface area contributed by atoms with Crippen LogP contribution in [0.4, 0.5) is 0 Å². The van der Waals surface area contributed by atoms with Crippen molar-refractivity contribution in [2.75, 3.05) is 51.1 Å². The molecule has 6 aliphatic rings. The molecule has 556 valence electrons. The number of ether oxygens (including phenoxy) is 12. The molecule has 6 saturated heterocycles.